The van der Waals surface area contributed by atoms with Crippen LogP contribution in [0.3, 0.4) is 0 Å². The van der Waals surface area contributed by atoms with E-state index in [0.717, 1.165) is 11.3 Å². The van der Waals surface area contributed by atoms with Gasteiger partial charge in [0.05, 0.1) is 18.1 Å². The van der Waals surface area contributed by atoms with Crippen LogP contribution < -0.4 is 0 Å². The van der Waals surface area contributed by atoms with Crippen molar-refractivity contribution in [1.29, 1.82) is 0 Å². The molecule has 0 aliphatic carbocycles. The van der Waals surface area contributed by atoms with E-state index in [-0.39, 0.29) is 6.04 Å². The van der Waals surface area contributed by atoms with Crippen molar-refractivity contribution >= 4 is 0 Å². The summed E-state index contributed by atoms with van der Waals surface area (Å²) in [4.78, 5) is 8.63. The van der Waals surface area contributed by atoms with Crippen LogP contribution in [0.25, 0.3) is 11.1 Å². The number of hydrogen-bond acceptors (Lipinski definition) is 2. The van der Waals surface area contributed by atoms with E-state index in [1.807, 2.05) is 41.5 Å². The average molecular weight is 249 g/mol. The lowest BCUT2D eigenvalue weighted by atomic mass is 10.1. The first kappa shape index (κ1) is 11.7. The summed E-state index contributed by atoms with van der Waals surface area (Å²) in [6.07, 6.45) is 7.49. The molecule has 0 bridgehead atoms. The molecule has 1 aromatic carbocycles. The molecule has 0 aliphatic heterocycles. The maximum atomic E-state index is 4.56. The fourth-order valence-corrected chi connectivity index (χ4v) is 2.11. The lowest BCUT2D eigenvalue weighted by Gasteiger charge is -2.12. The Kier molecular flexibility index (Phi) is 3.11. The van der Waals surface area contributed by atoms with E-state index in [0.29, 0.717) is 0 Å². The summed E-state index contributed by atoms with van der Waals surface area (Å²) in [5, 5.41) is 0. The third-order valence-electron chi connectivity index (χ3n) is 3.29. The van der Waals surface area contributed by atoms with E-state index in [9.17, 15) is 0 Å². The van der Waals surface area contributed by atoms with Gasteiger partial charge in [-0.3, -0.25) is 4.98 Å². The maximum Gasteiger partial charge on any atom is 0.0952 e. The van der Waals surface area contributed by atoms with Gasteiger partial charge in [-0.25, -0.2) is 4.98 Å². The molecule has 0 saturated carbocycles. The molecular weight excluding hydrogens is 234 g/mol. The van der Waals surface area contributed by atoms with Crippen LogP contribution >= 0.6 is 0 Å². The number of benzene rings is 1. The zero-order valence-corrected chi connectivity index (χ0v) is 10.8. The van der Waals surface area contributed by atoms with E-state index >= 15 is 0 Å². The lowest BCUT2D eigenvalue weighted by molar-refractivity contribution is 0.620. The Morgan fingerprint density at radius 3 is 2.47 bits per heavy atom. The Morgan fingerprint density at radius 1 is 1.00 bits per heavy atom. The standard InChI is InChI=1S/C16H15N3/c1-13(19-10-9-17-12-19)16-8-7-15(11-18-16)14-5-3-2-4-6-14/h2-13H,1H3. The van der Waals surface area contributed by atoms with Gasteiger partial charge in [-0.1, -0.05) is 36.4 Å². The van der Waals surface area contributed by atoms with Crippen molar-refractivity contribution in [2.75, 3.05) is 0 Å². The summed E-state index contributed by atoms with van der Waals surface area (Å²) in [6, 6.07) is 14.7. The summed E-state index contributed by atoms with van der Waals surface area (Å²) >= 11 is 0. The Labute approximate surface area is 112 Å². The summed E-state index contributed by atoms with van der Waals surface area (Å²) in [7, 11) is 0. The molecule has 3 aromatic rings. The molecule has 1 atom stereocenters. The van der Waals surface area contributed by atoms with Gasteiger partial charge in [-0.05, 0) is 18.6 Å². The number of aromatic nitrogens is 3. The van der Waals surface area contributed by atoms with Crippen molar-refractivity contribution in [2.24, 2.45) is 0 Å². The minimum atomic E-state index is 0.201. The molecule has 0 radical (unpaired) electrons. The van der Waals surface area contributed by atoms with E-state index in [2.05, 4.69) is 41.2 Å². The van der Waals surface area contributed by atoms with Crippen LogP contribution in [0.4, 0.5) is 0 Å². The van der Waals surface area contributed by atoms with Gasteiger partial charge >= 0.3 is 0 Å². The molecule has 94 valence electrons. The molecular formula is C16H15N3. The topological polar surface area (TPSA) is 30.7 Å². The second-order valence-corrected chi connectivity index (χ2v) is 4.52. The molecule has 2 heterocycles. The average Bonchev–Trinajstić information content (AvgIpc) is 3.02. The summed E-state index contributed by atoms with van der Waals surface area (Å²) < 4.78 is 2.05. The van der Waals surface area contributed by atoms with Gasteiger partial charge in [0, 0.05) is 24.2 Å². The highest BCUT2D eigenvalue weighted by molar-refractivity contribution is 5.62. The highest BCUT2D eigenvalue weighted by Gasteiger charge is 2.08. The first-order valence-corrected chi connectivity index (χ1v) is 6.33. The molecule has 2 aromatic heterocycles. The molecule has 0 saturated heterocycles. The second-order valence-electron chi connectivity index (χ2n) is 4.52. The van der Waals surface area contributed by atoms with Crippen LogP contribution in [-0.4, -0.2) is 14.5 Å². The molecule has 3 heteroatoms. The molecule has 0 aliphatic rings. The van der Waals surface area contributed by atoms with E-state index in [1.54, 1.807) is 6.20 Å². The fourth-order valence-electron chi connectivity index (χ4n) is 2.11. The molecule has 0 spiro atoms. The molecule has 19 heavy (non-hydrogen) atoms. The van der Waals surface area contributed by atoms with Gasteiger partial charge in [-0.15, -0.1) is 0 Å². The van der Waals surface area contributed by atoms with Crippen LogP contribution in [0.15, 0.2) is 67.4 Å². The number of nitrogens with zero attached hydrogens (tertiary/aromatic N) is 3. The first-order chi connectivity index (χ1) is 9.34. The zero-order chi connectivity index (χ0) is 13.1. The smallest absolute Gasteiger partial charge is 0.0952 e. The zero-order valence-electron chi connectivity index (χ0n) is 10.8. The monoisotopic (exact) mass is 249 g/mol. The molecule has 1 unspecified atom stereocenters. The Balaban J connectivity index is 1.87. The van der Waals surface area contributed by atoms with Crippen molar-refractivity contribution in [3.8, 4) is 11.1 Å². The minimum absolute atomic E-state index is 0.201. The van der Waals surface area contributed by atoms with Crippen molar-refractivity contribution in [3.05, 3.63) is 73.1 Å². The third-order valence-corrected chi connectivity index (χ3v) is 3.29. The van der Waals surface area contributed by atoms with Crippen LogP contribution in [0.5, 0.6) is 0 Å². The number of imidazole rings is 1. The predicted molar refractivity (Wildman–Crippen MR) is 75.7 cm³/mol. The van der Waals surface area contributed by atoms with E-state index < -0.39 is 0 Å². The van der Waals surface area contributed by atoms with Gasteiger partial charge in [0.2, 0.25) is 0 Å². The summed E-state index contributed by atoms with van der Waals surface area (Å²) in [5.41, 5.74) is 3.37. The molecule has 0 amide bonds. The second kappa shape index (κ2) is 5.06. The number of hydrogen-bond donors (Lipinski definition) is 0. The van der Waals surface area contributed by atoms with Crippen LogP contribution in [-0.2, 0) is 0 Å². The molecule has 3 rings (SSSR count). The predicted octanol–water partition coefficient (Wildman–Crippen LogP) is 3.55. The van der Waals surface area contributed by atoms with Gasteiger partial charge < -0.3 is 4.57 Å². The molecule has 3 nitrogen and oxygen atoms in total. The summed E-state index contributed by atoms with van der Waals surface area (Å²) in [6.45, 7) is 2.12. The fraction of sp³-hybridized carbons (Fsp3) is 0.125. The van der Waals surface area contributed by atoms with Crippen molar-refractivity contribution < 1.29 is 0 Å². The molecule has 0 fully saturated rings. The third kappa shape index (κ3) is 2.40. The van der Waals surface area contributed by atoms with Gasteiger partial charge in [0.25, 0.3) is 0 Å². The largest absolute Gasteiger partial charge is 0.329 e. The Morgan fingerprint density at radius 2 is 1.84 bits per heavy atom. The Bertz CT molecular complexity index is 628. The normalized spacial score (nSPS) is 12.3. The number of rotatable bonds is 3. The van der Waals surface area contributed by atoms with E-state index in [1.165, 1.54) is 5.56 Å². The van der Waals surface area contributed by atoms with Crippen LogP contribution in [0, 0.1) is 0 Å². The number of pyridine rings is 1. The maximum absolute atomic E-state index is 4.56. The SMILES string of the molecule is CC(c1ccc(-c2ccccc2)cn1)n1ccnc1. The van der Waals surface area contributed by atoms with Gasteiger partial charge in [0.15, 0.2) is 0 Å². The van der Waals surface area contributed by atoms with E-state index in [4.69, 9.17) is 0 Å². The van der Waals surface area contributed by atoms with Crippen molar-refractivity contribution in [2.45, 2.75) is 13.0 Å². The molecule has 0 N–H and O–H groups in total. The highest BCUT2D eigenvalue weighted by Crippen LogP contribution is 2.21. The lowest BCUT2D eigenvalue weighted by Crippen LogP contribution is -2.06. The summed E-state index contributed by atoms with van der Waals surface area (Å²) in [5.74, 6) is 0. The van der Waals surface area contributed by atoms with Crippen LogP contribution in [0.2, 0.25) is 0 Å². The van der Waals surface area contributed by atoms with Crippen molar-refractivity contribution in [3.63, 3.8) is 0 Å². The quantitative estimate of drug-likeness (QED) is 0.710. The van der Waals surface area contributed by atoms with Gasteiger partial charge in [-0.2, -0.15) is 0 Å². The highest BCUT2D eigenvalue weighted by atomic mass is 15.1. The first-order valence-electron chi connectivity index (χ1n) is 6.33. The minimum Gasteiger partial charge on any atom is -0.329 e. The van der Waals surface area contributed by atoms with Gasteiger partial charge in [0.1, 0.15) is 0 Å². The van der Waals surface area contributed by atoms with Crippen molar-refractivity contribution in [1.82, 2.24) is 14.5 Å². The van der Waals surface area contributed by atoms with Crippen LogP contribution in [0.1, 0.15) is 18.7 Å². The Hall–Kier alpha value is -2.42.